The average Bonchev–Trinajstić information content (AvgIpc) is 3.33. The molecule has 0 spiro atoms. The van der Waals surface area contributed by atoms with Crippen LogP contribution in [0.4, 0.5) is 11.4 Å². The normalized spacial score (nSPS) is 18.2. The number of carbonyl (C=O) groups excluding carboxylic acids is 1. The van der Waals surface area contributed by atoms with Crippen LogP contribution in [0.2, 0.25) is 0 Å². The predicted molar refractivity (Wildman–Crippen MR) is 129 cm³/mol. The molecule has 2 atom stereocenters. The molecule has 3 heterocycles. The summed E-state index contributed by atoms with van der Waals surface area (Å²) in [6, 6.07) is 16.1. The highest BCUT2D eigenvalue weighted by atomic mass is 32.1. The number of thiocarbonyl (C=S) groups is 1. The van der Waals surface area contributed by atoms with Gasteiger partial charge in [0.05, 0.1) is 17.8 Å². The van der Waals surface area contributed by atoms with Gasteiger partial charge < -0.3 is 20.3 Å². The topological polar surface area (TPSA) is 66.5 Å². The number of pyridine rings is 1. The molecule has 0 saturated carbocycles. The van der Waals surface area contributed by atoms with Crippen LogP contribution < -0.4 is 15.5 Å². The van der Waals surface area contributed by atoms with Crippen LogP contribution in [0.25, 0.3) is 0 Å². The van der Waals surface area contributed by atoms with Crippen LogP contribution in [0.5, 0.6) is 0 Å². The Balaban J connectivity index is 1.71. The summed E-state index contributed by atoms with van der Waals surface area (Å²) >= 11 is 7.53. The van der Waals surface area contributed by atoms with Gasteiger partial charge in [-0.3, -0.25) is 9.78 Å². The quantitative estimate of drug-likeness (QED) is 0.536. The summed E-state index contributed by atoms with van der Waals surface area (Å²) in [5.41, 5.74) is 3.62. The third-order valence-electron chi connectivity index (χ3n) is 5.19. The molecule has 1 amide bonds. The lowest BCUT2D eigenvalue weighted by molar-refractivity contribution is -0.119. The Morgan fingerprint density at radius 1 is 1.26 bits per heavy atom. The molecule has 0 bridgehead atoms. The highest BCUT2D eigenvalue weighted by Crippen LogP contribution is 2.44. The first-order chi connectivity index (χ1) is 15.0. The Morgan fingerprint density at radius 3 is 2.74 bits per heavy atom. The molecule has 6 nitrogen and oxygen atoms in total. The number of aromatic nitrogens is 1. The molecule has 1 aliphatic heterocycles. The van der Waals surface area contributed by atoms with Gasteiger partial charge in [0.15, 0.2) is 5.11 Å². The van der Waals surface area contributed by atoms with Crippen LogP contribution >= 0.6 is 23.6 Å². The van der Waals surface area contributed by atoms with E-state index in [1.54, 1.807) is 17.5 Å². The van der Waals surface area contributed by atoms with Crippen molar-refractivity contribution >= 4 is 45.9 Å². The molecule has 2 aromatic heterocycles. The number of anilines is 2. The Bertz CT molecular complexity index is 1100. The Morgan fingerprint density at radius 2 is 2.10 bits per heavy atom. The second-order valence-electron chi connectivity index (χ2n) is 7.43. The van der Waals surface area contributed by atoms with E-state index in [1.807, 2.05) is 43.3 Å². The van der Waals surface area contributed by atoms with Crippen LogP contribution in [0.3, 0.4) is 0 Å². The monoisotopic (exact) mass is 452 g/mol. The lowest BCUT2D eigenvalue weighted by atomic mass is 10.0. The van der Waals surface area contributed by atoms with Crippen molar-refractivity contribution in [2.24, 2.45) is 0 Å². The number of aryl methyl sites for hydroxylation is 2. The summed E-state index contributed by atoms with van der Waals surface area (Å²) in [5, 5.41) is 7.01. The molecule has 160 valence electrons. The number of nitrogens with one attached hydrogen (secondary N) is 2. The standard InChI is InChI=1S/C23H24N4O2S2/c1-14-12-16(8-9-17(14)25-20(28)13-29-3)27-22(19-10-7-15(2)31-19)21(26-23(27)30)18-6-4-5-11-24-18/h4-12,21-22H,13H2,1-3H3,(H,25,28)(H,26,30)/t21-,22-/m0/s1. The van der Waals surface area contributed by atoms with Crippen LogP contribution in [-0.2, 0) is 9.53 Å². The molecule has 1 aliphatic rings. The lowest BCUT2D eigenvalue weighted by Crippen LogP contribution is -2.29. The SMILES string of the molecule is COCC(=O)Nc1ccc(N2C(=S)N[C@@H](c3ccccn3)[C@@H]2c2ccc(C)s2)cc1C. The van der Waals surface area contributed by atoms with Crippen molar-refractivity contribution in [3.05, 3.63) is 75.7 Å². The van der Waals surface area contributed by atoms with Crippen LogP contribution in [0, 0.1) is 13.8 Å². The first kappa shape index (κ1) is 21.4. The molecular formula is C23H24N4O2S2. The van der Waals surface area contributed by atoms with Gasteiger partial charge in [-0.1, -0.05) is 6.07 Å². The number of benzene rings is 1. The minimum Gasteiger partial charge on any atom is -0.375 e. The fraction of sp³-hybridized carbons (Fsp3) is 0.261. The predicted octanol–water partition coefficient (Wildman–Crippen LogP) is 4.52. The maximum atomic E-state index is 11.9. The van der Waals surface area contributed by atoms with Crippen molar-refractivity contribution in [1.29, 1.82) is 0 Å². The molecule has 8 heteroatoms. The van der Waals surface area contributed by atoms with Gasteiger partial charge in [-0.15, -0.1) is 11.3 Å². The molecule has 0 unspecified atom stereocenters. The van der Waals surface area contributed by atoms with E-state index in [-0.39, 0.29) is 24.6 Å². The van der Waals surface area contributed by atoms with Crippen molar-refractivity contribution < 1.29 is 9.53 Å². The van der Waals surface area contributed by atoms with Crippen molar-refractivity contribution in [3.8, 4) is 0 Å². The fourth-order valence-electron chi connectivity index (χ4n) is 3.79. The summed E-state index contributed by atoms with van der Waals surface area (Å²) in [7, 11) is 1.50. The number of methoxy groups -OCH3 is 1. The van der Waals surface area contributed by atoms with Crippen LogP contribution in [0.15, 0.2) is 54.7 Å². The summed E-state index contributed by atoms with van der Waals surface area (Å²) in [6.45, 7) is 4.10. The number of thiophene rings is 1. The van der Waals surface area contributed by atoms with Gasteiger partial charge in [0, 0.05) is 34.4 Å². The minimum atomic E-state index is -0.182. The van der Waals surface area contributed by atoms with E-state index in [4.69, 9.17) is 17.0 Å². The lowest BCUT2D eigenvalue weighted by Gasteiger charge is -2.27. The van der Waals surface area contributed by atoms with Crippen molar-refractivity contribution in [1.82, 2.24) is 10.3 Å². The van der Waals surface area contributed by atoms with E-state index in [0.29, 0.717) is 5.11 Å². The van der Waals surface area contributed by atoms with Crippen molar-refractivity contribution in [2.45, 2.75) is 25.9 Å². The zero-order valence-electron chi connectivity index (χ0n) is 17.6. The van der Waals surface area contributed by atoms with Gasteiger partial charge >= 0.3 is 0 Å². The van der Waals surface area contributed by atoms with E-state index in [2.05, 4.69) is 39.6 Å². The molecule has 1 fully saturated rings. The summed E-state index contributed by atoms with van der Waals surface area (Å²) in [5.74, 6) is -0.182. The molecule has 1 saturated heterocycles. The number of nitrogens with zero attached hydrogens (tertiary/aromatic N) is 2. The number of amides is 1. The van der Waals surface area contributed by atoms with Crippen LogP contribution in [0.1, 0.15) is 33.1 Å². The molecule has 31 heavy (non-hydrogen) atoms. The third kappa shape index (κ3) is 4.46. The van der Waals surface area contributed by atoms with Gasteiger partial charge in [0.25, 0.3) is 0 Å². The Hall–Kier alpha value is -2.81. The zero-order valence-corrected chi connectivity index (χ0v) is 19.2. The highest BCUT2D eigenvalue weighted by Gasteiger charge is 2.41. The highest BCUT2D eigenvalue weighted by molar-refractivity contribution is 7.80. The molecule has 0 radical (unpaired) electrons. The fourth-order valence-corrected chi connectivity index (χ4v) is 5.14. The van der Waals surface area contributed by atoms with Crippen molar-refractivity contribution in [3.63, 3.8) is 0 Å². The zero-order chi connectivity index (χ0) is 22.0. The number of rotatable bonds is 6. The second-order valence-corrected chi connectivity index (χ2v) is 9.13. The van der Waals surface area contributed by atoms with Gasteiger partial charge in [-0.05, 0) is 74.1 Å². The average molecular weight is 453 g/mol. The van der Waals surface area contributed by atoms with E-state index in [0.717, 1.165) is 22.6 Å². The van der Waals surface area contributed by atoms with Crippen LogP contribution in [-0.4, -0.2) is 29.7 Å². The number of ether oxygens (including phenoxy) is 1. The summed E-state index contributed by atoms with van der Waals surface area (Å²) in [6.07, 6.45) is 1.81. The molecule has 3 aromatic rings. The smallest absolute Gasteiger partial charge is 0.250 e. The molecule has 4 rings (SSSR count). The maximum Gasteiger partial charge on any atom is 0.250 e. The second kappa shape index (κ2) is 9.13. The molecular weight excluding hydrogens is 428 g/mol. The van der Waals surface area contributed by atoms with Crippen molar-refractivity contribution in [2.75, 3.05) is 23.9 Å². The molecule has 1 aromatic carbocycles. The summed E-state index contributed by atoms with van der Waals surface area (Å²) in [4.78, 5) is 21.1. The third-order valence-corrected chi connectivity index (χ3v) is 6.57. The van der Waals surface area contributed by atoms with Gasteiger partial charge in [0.1, 0.15) is 6.61 Å². The Kier molecular flexibility index (Phi) is 6.31. The largest absolute Gasteiger partial charge is 0.375 e. The van der Waals surface area contributed by atoms with E-state index >= 15 is 0 Å². The number of carbonyl (C=O) groups is 1. The maximum absolute atomic E-state index is 11.9. The Labute approximate surface area is 191 Å². The number of hydrogen-bond acceptors (Lipinski definition) is 5. The number of hydrogen-bond donors (Lipinski definition) is 2. The molecule has 2 N–H and O–H groups in total. The van der Waals surface area contributed by atoms with E-state index in [1.165, 1.54) is 16.9 Å². The van der Waals surface area contributed by atoms with E-state index in [9.17, 15) is 4.79 Å². The van der Waals surface area contributed by atoms with Gasteiger partial charge in [0.2, 0.25) is 5.91 Å². The van der Waals surface area contributed by atoms with Gasteiger partial charge in [-0.25, -0.2) is 0 Å². The first-order valence-electron chi connectivity index (χ1n) is 9.94. The van der Waals surface area contributed by atoms with Gasteiger partial charge in [-0.2, -0.15) is 0 Å². The first-order valence-corrected chi connectivity index (χ1v) is 11.2. The molecule has 0 aliphatic carbocycles. The van der Waals surface area contributed by atoms with E-state index < -0.39 is 0 Å². The summed E-state index contributed by atoms with van der Waals surface area (Å²) < 4.78 is 4.90. The minimum absolute atomic E-state index is 0.0190.